The molecule has 2 aliphatic heterocycles. The Hall–Kier alpha value is -3.06. The number of aromatic nitrogens is 2. The zero-order chi connectivity index (χ0) is 25.4. The molecule has 0 saturated carbocycles. The highest BCUT2D eigenvalue weighted by molar-refractivity contribution is 5.76. The zero-order valence-corrected chi connectivity index (χ0v) is 20.2. The van der Waals surface area contributed by atoms with E-state index in [2.05, 4.69) is 5.10 Å². The van der Waals surface area contributed by atoms with E-state index in [9.17, 15) is 18.0 Å². The number of piperidine rings is 1. The van der Waals surface area contributed by atoms with Gasteiger partial charge in [0, 0.05) is 69.0 Å². The van der Waals surface area contributed by atoms with E-state index in [1.54, 1.807) is 19.2 Å². The van der Waals surface area contributed by atoms with Crippen molar-refractivity contribution in [2.45, 2.75) is 39.4 Å². The number of nitrogens with zero attached hydrogens (tertiary/aromatic N) is 5. The second-order valence-corrected chi connectivity index (χ2v) is 9.70. The lowest BCUT2D eigenvalue weighted by atomic mass is 9.73. The number of hydrogen-bond acceptors (Lipinski definition) is 5. The van der Waals surface area contributed by atoms with E-state index >= 15 is 0 Å². The van der Waals surface area contributed by atoms with Crippen LogP contribution in [0.5, 0.6) is 0 Å². The van der Waals surface area contributed by atoms with Crippen molar-refractivity contribution in [3.8, 4) is 6.07 Å². The summed E-state index contributed by atoms with van der Waals surface area (Å²) in [5.41, 5.74) is 0.814. The molecule has 7 nitrogen and oxygen atoms in total. The Morgan fingerprint density at radius 3 is 2.69 bits per heavy atom. The van der Waals surface area contributed by atoms with Crippen molar-refractivity contribution in [2.24, 2.45) is 11.3 Å². The van der Waals surface area contributed by atoms with E-state index in [-0.39, 0.29) is 22.8 Å². The quantitative estimate of drug-likeness (QED) is 0.618. The lowest BCUT2D eigenvalue weighted by molar-refractivity contribution is -0.138. The van der Waals surface area contributed by atoms with Crippen LogP contribution >= 0.6 is 0 Å². The number of anilines is 1. The molecule has 2 aliphatic rings. The van der Waals surface area contributed by atoms with Gasteiger partial charge >= 0.3 is 6.18 Å². The number of benzene rings is 1. The number of ether oxygens (including phenoxy) is 1. The van der Waals surface area contributed by atoms with Gasteiger partial charge in [-0.05, 0) is 44.5 Å². The van der Waals surface area contributed by atoms with E-state index < -0.39 is 11.7 Å². The third-order valence-electron chi connectivity index (χ3n) is 7.35. The first kappa shape index (κ1) is 25.0. The van der Waals surface area contributed by atoms with Gasteiger partial charge < -0.3 is 14.5 Å². The number of fused-ring (bicyclic) bond motifs is 1. The molecule has 2 atom stereocenters. The van der Waals surface area contributed by atoms with Crippen molar-refractivity contribution in [2.75, 3.05) is 44.8 Å². The SMILES string of the molecule is COC[C@@]12CCN(C(=O)CCn3nc(C)cc3C)C[C@@H]1CN(c1ccc(C#N)c(C(F)(F)F)c1)C2. The smallest absolute Gasteiger partial charge is 0.384 e. The highest BCUT2D eigenvalue weighted by Gasteiger charge is 2.50. The fourth-order valence-electron chi connectivity index (χ4n) is 5.55. The van der Waals surface area contributed by atoms with E-state index in [4.69, 9.17) is 10.00 Å². The zero-order valence-electron chi connectivity index (χ0n) is 20.2. The topological polar surface area (TPSA) is 74.4 Å². The molecular formula is C25H30F3N5O2. The van der Waals surface area contributed by atoms with Crippen LogP contribution in [-0.2, 0) is 22.3 Å². The van der Waals surface area contributed by atoms with Crippen LogP contribution in [0.25, 0.3) is 0 Å². The Morgan fingerprint density at radius 2 is 2.06 bits per heavy atom. The van der Waals surface area contributed by atoms with Gasteiger partial charge in [0.2, 0.25) is 5.91 Å². The standard InChI is InChI=1S/C25H30F3N5O2/c1-17-10-18(2)33(30-17)8-6-23(34)31-9-7-24(16-35-3)15-32(14-20(24)13-31)21-5-4-19(12-29)22(11-21)25(26,27)28/h4-5,10-11,20H,6-9,13-16H2,1-3H3/t20-,24+/m1/s1. The van der Waals surface area contributed by atoms with Gasteiger partial charge in [0.15, 0.2) is 0 Å². The van der Waals surface area contributed by atoms with Crippen LogP contribution in [0.15, 0.2) is 24.3 Å². The van der Waals surface area contributed by atoms with Gasteiger partial charge in [-0.2, -0.15) is 23.5 Å². The van der Waals surface area contributed by atoms with Crippen LogP contribution in [-0.4, -0.2) is 60.5 Å². The van der Waals surface area contributed by atoms with Gasteiger partial charge in [0.05, 0.1) is 29.5 Å². The predicted octanol–water partition coefficient (Wildman–Crippen LogP) is 3.78. The largest absolute Gasteiger partial charge is 0.417 e. The van der Waals surface area contributed by atoms with Crippen molar-refractivity contribution >= 4 is 11.6 Å². The highest BCUT2D eigenvalue weighted by Crippen LogP contribution is 2.45. The second kappa shape index (κ2) is 9.53. The number of nitriles is 1. The summed E-state index contributed by atoms with van der Waals surface area (Å²) in [6.07, 6.45) is -3.54. The van der Waals surface area contributed by atoms with Gasteiger partial charge in [-0.25, -0.2) is 0 Å². The Bertz CT molecular complexity index is 1140. The van der Waals surface area contributed by atoms with Gasteiger partial charge in [-0.15, -0.1) is 0 Å². The van der Waals surface area contributed by atoms with Gasteiger partial charge in [0.1, 0.15) is 0 Å². The number of hydrogen-bond donors (Lipinski definition) is 0. The van der Waals surface area contributed by atoms with Crippen LogP contribution in [0.4, 0.5) is 18.9 Å². The molecular weight excluding hydrogens is 459 g/mol. The van der Waals surface area contributed by atoms with Crippen LogP contribution in [0.1, 0.15) is 35.4 Å². The maximum atomic E-state index is 13.5. The van der Waals surface area contributed by atoms with Crippen molar-refractivity contribution < 1.29 is 22.7 Å². The molecule has 1 aromatic heterocycles. The van der Waals surface area contributed by atoms with Crippen molar-refractivity contribution in [1.82, 2.24) is 14.7 Å². The number of rotatable bonds is 6. The van der Waals surface area contributed by atoms with Crippen LogP contribution in [0.2, 0.25) is 0 Å². The number of halogens is 3. The monoisotopic (exact) mass is 489 g/mol. The molecule has 0 unspecified atom stereocenters. The molecule has 0 N–H and O–H groups in total. The number of amides is 1. The maximum absolute atomic E-state index is 13.5. The highest BCUT2D eigenvalue weighted by atomic mass is 19.4. The molecule has 0 spiro atoms. The average Bonchev–Trinajstić information content (AvgIpc) is 3.34. The number of carbonyl (C=O) groups is 1. The van der Waals surface area contributed by atoms with Crippen molar-refractivity contribution in [3.05, 3.63) is 46.8 Å². The predicted molar refractivity (Wildman–Crippen MR) is 124 cm³/mol. The summed E-state index contributed by atoms with van der Waals surface area (Å²) in [5.74, 6) is 0.124. The Kier molecular flexibility index (Phi) is 6.82. The molecule has 2 saturated heterocycles. The lowest BCUT2D eigenvalue weighted by Crippen LogP contribution is -2.51. The van der Waals surface area contributed by atoms with Gasteiger partial charge in [-0.1, -0.05) is 0 Å². The number of methoxy groups -OCH3 is 1. The molecule has 1 amide bonds. The first-order valence-electron chi connectivity index (χ1n) is 11.7. The number of alkyl halides is 3. The van der Waals surface area contributed by atoms with E-state index in [0.717, 1.165) is 23.9 Å². The minimum absolute atomic E-state index is 0.0553. The Labute approximate surface area is 203 Å². The number of likely N-dealkylation sites (tertiary alicyclic amines) is 1. The van der Waals surface area contributed by atoms with Gasteiger partial charge in [-0.3, -0.25) is 9.48 Å². The fourth-order valence-corrected chi connectivity index (χ4v) is 5.55. The summed E-state index contributed by atoms with van der Waals surface area (Å²) in [7, 11) is 1.63. The first-order chi connectivity index (χ1) is 16.6. The van der Waals surface area contributed by atoms with Gasteiger partial charge in [0.25, 0.3) is 0 Å². The summed E-state index contributed by atoms with van der Waals surface area (Å²) in [5, 5.41) is 13.5. The van der Waals surface area contributed by atoms with E-state index in [1.807, 2.05) is 34.4 Å². The van der Waals surface area contributed by atoms with Crippen LogP contribution in [0.3, 0.4) is 0 Å². The number of aryl methyl sites for hydroxylation is 3. The molecule has 35 heavy (non-hydrogen) atoms. The fraction of sp³-hybridized carbons (Fsp3) is 0.560. The van der Waals surface area contributed by atoms with Crippen molar-refractivity contribution in [3.63, 3.8) is 0 Å². The Morgan fingerprint density at radius 1 is 1.29 bits per heavy atom. The molecule has 0 bridgehead atoms. The maximum Gasteiger partial charge on any atom is 0.417 e. The molecule has 0 radical (unpaired) electrons. The van der Waals surface area contributed by atoms with Crippen LogP contribution in [0, 0.1) is 36.5 Å². The summed E-state index contributed by atoms with van der Waals surface area (Å²) >= 11 is 0. The summed E-state index contributed by atoms with van der Waals surface area (Å²) < 4.78 is 47.9. The van der Waals surface area contributed by atoms with E-state index in [1.165, 1.54) is 6.07 Å². The molecule has 3 heterocycles. The second-order valence-electron chi connectivity index (χ2n) is 9.70. The number of carbonyl (C=O) groups excluding carboxylic acids is 1. The third-order valence-corrected chi connectivity index (χ3v) is 7.35. The summed E-state index contributed by atoms with van der Waals surface area (Å²) in [6, 6.07) is 7.48. The minimum atomic E-state index is -4.60. The molecule has 10 heteroatoms. The normalized spacial score (nSPS) is 22.3. The lowest BCUT2D eigenvalue weighted by Gasteiger charge is -2.43. The molecule has 2 aromatic rings. The summed E-state index contributed by atoms with van der Waals surface area (Å²) in [4.78, 5) is 16.8. The molecule has 4 rings (SSSR count). The first-order valence-corrected chi connectivity index (χ1v) is 11.7. The minimum Gasteiger partial charge on any atom is -0.384 e. The molecule has 0 aliphatic carbocycles. The average molecular weight is 490 g/mol. The third kappa shape index (κ3) is 5.01. The molecule has 2 fully saturated rings. The molecule has 1 aromatic carbocycles. The van der Waals surface area contributed by atoms with Crippen LogP contribution < -0.4 is 4.90 Å². The van der Waals surface area contributed by atoms with E-state index in [0.29, 0.717) is 51.4 Å². The molecule has 188 valence electrons. The van der Waals surface area contributed by atoms with Crippen molar-refractivity contribution in [1.29, 1.82) is 5.26 Å². The summed E-state index contributed by atoms with van der Waals surface area (Å²) in [6.45, 7) is 7.07. The Balaban J connectivity index is 1.49.